The van der Waals surface area contributed by atoms with Crippen LogP contribution in [0.5, 0.6) is 5.75 Å². The Kier molecular flexibility index (Phi) is 6.00. The minimum Gasteiger partial charge on any atom is -0.491 e. The van der Waals surface area contributed by atoms with Gasteiger partial charge in [-0.2, -0.15) is 0 Å². The van der Waals surface area contributed by atoms with Crippen molar-refractivity contribution in [1.82, 2.24) is 5.32 Å². The molecule has 0 bridgehead atoms. The molecule has 1 saturated heterocycles. The third-order valence-corrected chi connectivity index (χ3v) is 4.35. The first kappa shape index (κ1) is 18.1. The van der Waals surface area contributed by atoms with Crippen molar-refractivity contribution in [2.45, 2.75) is 39.3 Å². The lowest BCUT2D eigenvalue weighted by atomic mass is 10.2. The van der Waals surface area contributed by atoms with Gasteiger partial charge in [-0.1, -0.05) is 24.3 Å². The van der Waals surface area contributed by atoms with Gasteiger partial charge >= 0.3 is 6.03 Å². The van der Waals surface area contributed by atoms with Crippen molar-refractivity contribution in [1.29, 1.82) is 0 Å². The summed E-state index contributed by atoms with van der Waals surface area (Å²) < 4.78 is 5.63. The van der Waals surface area contributed by atoms with Crippen LogP contribution >= 0.6 is 0 Å². The van der Waals surface area contributed by atoms with Crippen LogP contribution in [-0.2, 0) is 6.54 Å². The molecule has 2 amide bonds. The number of nitrogens with zero attached hydrogens (tertiary/aromatic N) is 1. The Hall–Kier alpha value is -2.69. The zero-order valence-electron chi connectivity index (χ0n) is 15.5. The van der Waals surface area contributed by atoms with E-state index in [1.54, 1.807) is 0 Å². The quantitative estimate of drug-likeness (QED) is 0.809. The number of hydrogen-bond donors (Lipinski definition) is 2. The molecule has 5 nitrogen and oxygen atoms in total. The monoisotopic (exact) mass is 353 g/mol. The smallest absolute Gasteiger partial charge is 0.319 e. The fourth-order valence-electron chi connectivity index (χ4n) is 3.12. The molecule has 0 unspecified atom stereocenters. The van der Waals surface area contributed by atoms with E-state index in [1.807, 2.05) is 56.3 Å². The van der Waals surface area contributed by atoms with Gasteiger partial charge in [0.05, 0.1) is 17.5 Å². The van der Waals surface area contributed by atoms with Gasteiger partial charge in [0.1, 0.15) is 5.75 Å². The lowest BCUT2D eigenvalue weighted by Gasteiger charge is -2.21. The first-order valence-corrected chi connectivity index (χ1v) is 9.26. The molecule has 0 spiro atoms. The Morgan fingerprint density at radius 3 is 2.46 bits per heavy atom. The van der Waals surface area contributed by atoms with E-state index in [0.717, 1.165) is 35.8 Å². The van der Waals surface area contributed by atoms with Crippen LogP contribution in [0.15, 0.2) is 48.5 Å². The number of carbonyl (C=O) groups is 1. The average Bonchev–Trinajstić information content (AvgIpc) is 3.16. The number of rotatable bonds is 6. The van der Waals surface area contributed by atoms with E-state index in [2.05, 4.69) is 21.6 Å². The van der Waals surface area contributed by atoms with Crippen LogP contribution in [0.3, 0.4) is 0 Å². The summed E-state index contributed by atoms with van der Waals surface area (Å²) in [5, 5.41) is 5.89. The minimum atomic E-state index is -0.195. The zero-order valence-corrected chi connectivity index (χ0v) is 15.5. The molecule has 1 aliphatic heterocycles. The van der Waals surface area contributed by atoms with Crippen LogP contribution in [0.1, 0.15) is 32.3 Å². The first-order chi connectivity index (χ1) is 12.6. The number of hydrogen-bond acceptors (Lipinski definition) is 3. The normalized spacial score (nSPS) is 13.7. The minimum absolute atomic E-state index is 0.153. The summed E-state index contributed by atoms with van der Waals surface area (Å²) in [4.78, 5) is 14.6. The summed E-state index contributed by atoms with van der Waals surface area (Å²) >= 11 is 0. The maximum absolute atomic E-state index is 12.3. The van der Waals surface area contributed by atoms with E-state index in [9.17, 15) is 4.79 Å². The lowest BCUT2D eigenvalue weighted by molar-refractivity contribution is 0.242. The van der Waals surface area contributed by atoms with Gasteiger partial charge in [-0.3, -0.25) is 0 Å². The van der Waals surface area contributed by atoms with Crippen LogP contribution in [0, 0.1) is 0 Å². The zero-order chi connectivity index (χ0) is 18.4. The van der Waals surface area contributed by atoms with Gasteiger partial charge in [0, 0.05) is 19.6 Å². The second-order valence-corrected chi connectivity index (χ2v) is 6.83. The van der Waals surface area contributed by atoms with Crippen LogP contribution in [0.2, 0.25) is 0 Å². The van der Waals surface area contributed by atoms with Crippen molar-refractivity contribution in [3.05, 3.63) is 54.1 Å². The number of nitrogens with one attached hydrogen (secondary N) is 2. The third kappa shape index (κ3) is 4.91. The van der Waals surface area contributed by atoms with Crippen molar-refractivity contribution >= 4 is 17.4 Å². The van der Waals surface area contributed by atoms with Gasteiger partial charge in [-0.15, -0.1) is 0 Å². The number of carbonyl (C=O) groups excluding carboxylic acids is 1. The fraction of sp³-hybridized carbons (Fsp3) is 0.381. The van der Waals surface area contributed by atoms with Crippen molar-refractivity contribution in [2.24, 2.45) is 0 Å². The van der Waals surface area contributed by atoms with E-state index >= 15 is 0 Å². The molecule has 5 heteroatoms. The number of anilines is 2. The number of benzene rings is 2. The maximum Gasteiger partial charge on any atom is 0.319 e. The van der Waals surface area contributed by atoms with E-state index in [4.69, 9.17) is 4.74 Å². The highest BCUT2D eigenvalue weighted by Gasteiger charge is 2.16. The van der Waals surface area contributed by atoms with Crippen molar-refractivity contribution in [3.63, 3.8) is 0 Å². The highest BCUT2D eigenvalue weighted by atomic mass is 16.5. The standard InChI is InChI=1S/C21H27N3O2/c1-16(2)26-18-11-9-17(10-12-18)15-22-21(25)23-19-7-3-4-8-20(19)24-13-5-6-14-24/h3-4,7-12,16H,5-6,13-15H2,1-2H3,(H2,22,23,25). The molecule has 0 atom stereocenters. The number of para-hydroxylation sites is 2. The Balaban J connectivity index is 1.54. The average molecular weight is 353 g/mol. The van der Waals surface area contributed by atoms with Crippen LogP contribution in [0.25, 0.3) is 0 Å². The number of urea groups is 1. The molecule has 1 fully saturated rings. The molecule has 2 aromatic rings. The lowest BCUT2D eigenvalue weighted by Crippen LogP contribution is -2.29. The molecule has 2 aromatic carbocycles. The maximum atomic E-state index is 12.3. The molecule has 2 N–H and O–H groups in total. The van der Waals surface area contributed by atoms with Gasteiger partial charge in [-0.05, 0) is 56.5 Å². The Labute approximate surface area is 155 Å². The molecule has 0 aromatic heterocycles. The van der Waals surface area contributed by atoms with Crippen LogP contribution in [0.4, 0.5) is 16.2 Å². The van der Waals surface area contributed by atoms with Gasteiger partial charge in [0.2, 0.25) is 0 Å². The molecule has 26 heavy (non-hydrogen) atoms. The van der Waals surface area contributed by atoms with Crippen molar-refractivity contribution < 1.29 is 9.53 Å². The predicted molar refractivity (Wildman–Crippen MR) is 106 cm³/mol. The van der Waals surface area contributed by atoms with Crippen molar-refractivity contribution in [2.75, 3.05) is 23.3 Å². The molecular weight excluding hydrogens is 326 g/mol. The third-order valence-electron chi connectivity index (χ3n) is 4.35. The Morgan fingerprint density at radius 2 is 1.77 bits per heavy atom. The molecule has 0 saturated carbocycles. The largest absolute Gasteiger partial charge is 0.491 e. The number of ether oxygens (including phenoxy) is 1. The summed E-state index contributed by atoms with van der Waals surface area (Å²) in [6.07, 6.45) is 2.56. The second-order valence-electron chi connectivity index (χ2n) is 6.83. The van der Waals surface area contributed by atoms with Gasteiger partial charge in [0.15, 0.2) is 0 Å². The van der Waals surface area contributed by atoms with Gasteiger partial charge in [-0.25, -0.2) is 4.79 Å². The SMILES string of the molecule is CC(C)Oc1ccc(CNC(=O)Nc2ccccc2N2CCCC2)cc1. The summed E-state index contributed by atoms with van der Waals surface area (Å²) in [5.74, 6) is 0.841. The van der Waals surface area contributed by atoms with Gasteiger partial charge in [0.25, 0.3) is 0 Å². The summed E-state index contributed by atoms with van der Waals surface area (Å²) in [5.41, 5.74) is 2.98. The molecule has 138 valence electrons. The Bertz CT molecular complexity index is 722. The second kappa shape index (κ2) is 8.61. The van der Waals surface area contributed by atoms with E-state index in [-0.39, 0.29) is 12.1 Å². The molecule has 0 aliphatic carbocycles. The van der Waals surface area contributed by atoms with Crippen molar-refractivity contribution in [3.8, 4) is 5.75 Å². The summed E-state index contributed by atoms with van der Waals surface area (Å²) in [6, 6.07) is 15.6. The topological polar surface area (TPSA) is 53.6 Å². The molecule has 1 aliphatic rings. The van der Waals surface area contributed by atoms with E-state index in [1.165, 1.54) is 12.8 Å². The van der Waals surface area contributed by atoms with Crippen LogP contribution < -0.4 is 20.3 Å². The highest BCUT2D eigenvalue weighted by molar-refractivity contribution is 5.93. The first-order valence-electron chi connectivity index (χ1n) is 9.26. The van der Waals surface area contributed by atoms with Crippen LogP contribution in [-0.4, -0.2) is 25.2 Å². The molecule has 3 rings (SSSR count). The predicted octanol–water partition coefficient (Wildman–Crippen LogP) is 4.40. The summed E-state index contributed by atoms with van der Waals surface area (Å²) in [7, 11) is 0. The highest BCUT2D eigenvalue weighted by Crippen LogP contribution is 2.28. The molecule has 1 heterocycles. The molecule has 0 radical (unpaired) electrons. The molecular formula is C21H27N3O2. The Morgan fingerprint density at radius 1 is 1.08 bits per heavy atom. The fourth-order valence-corrected chi connectivity index (χ4v) is 3.12. The van der Waals surface area contributed by atoms with E-state index in [0.29, 0.717) is 6.54 Å². The van der Waals surface area contributed by atoms with Gasteiger partial charge < -0.3 is 20.3 Å². The number of amides is 2. The summed E-state index contributed by atoms with van der Waals surface area (Å²) in [6.45, 7) is 6.56. The van der Waals surface area contributed by atoms with E-state index < -0.39 is 0 Å².